The second kappa shape index (κ2) is 6.05. The maximum atomic E-state index is 12.8. The summed E-state index contributed by atoms with van der Waals surface area (Å²) < 4.78 is 36.8. The van der Waals surface area contributed by atoms with Gasteiger partial charge in [0.2, 0.25) is 0 Å². The van der Waals surface area contributed by atoms with E-state index in [4.69, 9.17) is 0 Å². The molecule has 0 bridgehead atoms. The maximum absolute atomic E-state index is 12.8. The summed E-state index contributed by atoms with van der Waals surface area (Å²) in [4.78, 5) is 12.1. The van der Waals surface area contributed by atoms with E-state index < -0.39 is 21.6 Å². The minimum Gasteiger partial charge on any atom is -0.321 e. The van der Waals surface area contributed by atoms with Gasteiger partial charge in [-0.1, -0.05) is 19.1 Å². The molecule has 2 rings (SSSR count). The summed E-state index contributed by atoms with van der Waals surface area (Å²) in [6.45, 7) is 1.54. The highest BCUT2D eigenvalue weighted by atomic mass is 32.2. The van der Waals surface area contributed by atoms with Gasteiger partial charge < -0.3 is 5.32 Å². The average Bonchev–Trinajstić information content (AvgIpc) is 2.48. The Morgan fingerprint density at radius 2 is 1.71 bits per heavy atom. The molecule has 0 saturated carbocycles. The van der Waals surface area contributed by atoms with Gasteiger partial charge in [-0.25, -0.2) is 12.8 Å². The van der Waals surface area contributed by atoms with Crippen LogP contribution in [-0.2, 0) is 9.84 Å². The molecule has 4 nitrogen and oxygen atoms in total. The third-order valence-electron chi connectivity index (χ3n) is 2.96. The van der Waals surface area contributed by atoms with Gasteiger partial charge in [0.05, 0.1) is 16.3 Å². The van der Waals surface area contributed by atoms with E-state index in [1.54, 1.807) is 12.1 Å². The Bertz CT molecular complexity index is 755. The van der Waals surface area contributed by atoms with E-state index in [0.29, 0.717) is 0 Å². The van der Waals surface area contributed by atoms with Crippen molar-refractivity contribution >= 4 is 21.4 Å². The second-order valence-corrected chi connectivity index (χ2v) is 6.61. The average molecular weight is 307 g/mol. The molecule has 0 aromatic heterocycles. The van der Waals surface area contributed by atoms with Crippen LogP contribution < -0.4 is 5.32 Å². The molecule has 0 aliphatic rings. The van der Waals surface area contributed by atoms with Crippen LogP contribution in [0, 0.1) is 5.82 Å². The predicted molar refractivity (Wildman–Crippen MR) is 78.5 cm³/mol. The number of hydrogen-bond donors (Lipinski definition) is 1. The zero-order chi connectivity index (χ0) is 15.5. The number of rotatable bonds is 4. The first-order valence-corrected chi connectivity index (χ1v) is 7.98. The monoisotopic (exact) mass is 307 g/mol. The lowest BCUT2D eigenvalue weighted by Crippen LogP contribution is -2.15. The highest BCUT2D eigenvalue weighted by Crippen LogP contribution is 2.22. The topological polar surface area (TPSA) is 63.2 Å². The van der Waals surface area contributed by atoms with Crippen LogP contribution in [0.2, 0.25) is 0 Å². The van der Waals surface area contributed by atoms with E-state index in [0.717, 1.165) is 0 Å². The highest BCUT2D eigenvalue weighted by molar-refractivity contribution is 7.91. The summed E-state index contributed by atoms with van der Waals surface area (Å²) in [6, 6.07) is 11.2. The number of carbonyl (C=O) groups is 1. The minimum absolute atomic E-state index is 0.0591. The van der Waals surface area contributed by atoms with Crippen molar-refractivity contribution in [1.29, 1.82) is 0 Å². The quantitative estimate of drug-likeness (QED) is 0.944. The number of benzene rings is 2. The molecule has 2 aromatic rings. The number of amides is 1. The fourth-order valence-corrected chi connectivity index (χ4v) is 2.84. The molecule has 0 unspecified atom stereocenters. The van der Waals surface area contributed by atoms with E-state index in [-0.39, 0.29) is 21.9 Å². The number of sulfone groups is 1. The van der Waals surface area contributed by atoms with Crippen LogP contribution in [0.5, 0.6) is 0 Å². The molecule has 0 heterocycles. The van der Waals surface area contributed by atoms with Gasteiger partial charge in [0.15, 0.2) is 9.84 Å². The summed E-state index contributed by atoms with van der Waals surface area (Å²) >= 11 is 0. The van der Waals surface area contributed by atoms with Gasteiger partial charge in [-0.15, -0.1) is 0 Å². The normalized spacial score (nSPS) is 11.1. The Hall–Kier alpha value is -2.21. The first kappa shape index (κ1) is 15.2. The number of carbonyl (C=O) groups excluding carboxylic acids is 1. The van der Waals surface area contributed by atoms with E-state index >= 15 is 0 Å². The fourth-order valence-electron chi connectivity index (χ4n) is 1.79. The molecule has 1 amide bonds. The third-order valence-corrected chi connectivity index (χ3v) is 4.74. The smallest absolute Gasteiger partial charge is 0.255 e. The SMILES string of the molecule is CCS(=O)(=O)c1ccccc1NC(=O)c1ccc(F)cc1. The van der Waals surface area contributed by atoms with Crippen molar-refractivity contribution in [3.63, 3.8) is 0 Å². The van der Waals surface area contributed by atoms with Crippen LogP contribution in [0.4, 0.5) is 10.1 Å². The van der Waals surface area contributed by atoms with Gasteiger partial charge in [-0.3, -0.25) is 4.79 Å². The summed E-state index contributed by atoms with van der Waals surface area (Å²) in [5.74, 6) is -0.995. The first-order chi connectivity index (χ1) is 9.94. The highest BCUT2D eigenvalue weighted by Gasteiger charge is 2.17. The second-order valence-electron chi connectivity index (χ2n) is 4.36. The number of anilines is 1. The van der Waals surface area contributed by atoms with Crippen molar-refractivity contribution in [2.75, 3.05) is 11.1 Å². The lowest BCUT2D eigenvalue weighted by molar-refractivity contribution is 0.102. The molecule has 0 aliphatic heterocycles. The Labute approximate surface area is 122 Å². The molecular formula is C15H14FNO3S. The van der Waals surface area contributed by atoms with E-state index in [1.165, 1.54) is 43.3 Å². The Kier molecular flexibility index (Phi) is 4.37. The van der Waals surface area contributed by atoms with Crippen LogP contribution >= 0.6 is 0 Å². The standard InChI is InChI=1S/C15H14FNO3S/c1-2-21(19,20)14-6-4-3-5-13(14)17-15(18)11-7-9-12(16)10-8-11/h3-10H,2H2,1H3,(H,17,18). The lowest BCUT2D eigenvalue weighted by atomic mass is 10.2. The number of hydrogen-bond acceptors (Lipinski definition) is 3. The number of halogens is 1. The predicted octanol–water partition coefficient (Wildman–Crippen LogP) is 2.87. The minimum atomic E-state index is -3.44. The number of para-hydroxylation sites is 1. The van der Waals surface area contributed by atoms with Crippen LogP contribution in [0.3, 0.4) is 0 Å². The molecule has 6 heteroatoms. The molecule has 0 spiro atoms. The largest absolute Gasteiger partial charge is 0.321 e. The van der Waals surface area contributed by atoms with Crippen molar-refractivity contribution in [1.82, 2.24) is 0 Å². The number of nitrogens with one attached hydrogen (secondary N) is 1. The van der Waals surface area contributed by atoms with Gasteiger partial charge in [0.25, 0.3) is 5.91 Å². The molecule has 110 valence electrons. The van der Waals surface area contributed by atoms with Crippen molar-refractivity contribution < 1.29 is 17.6 Å². The van der Waals surface area contributed by atoms with Crippen molar-refractivity contribution in [3.8, 4) is 0 Å². The van der Waals surface area contributed by atoms with E-state index in [9.17, 15) is 17.6 Å². The molecule has 2 aromatic carbocycles. The Morgan fingerprint density at radius 1 is 1.10 bits per heavy atom. The molecular weight excluding hydrogens is 293 g/mol. The molecule has 0 saturated heterocycles. The maximum Gasteiger partial charge on any atom is 0.255 e. The van der Waals surface area contributed by atoms with Crippen molar-refractivity contribution in [2.24, 2.45) is 0 Å². The van der Waals surface area contributed by atoms with Crippen molar-refractivity contribution in [2.45, 2.75) is 11.8 Å². The van der Waals surface area contributed by atoms with Gasteiger partial charge in [0.1, 0.15) is 5.82 Å². The first-order valence-electron chi connectivity index (χ1n) is 6.33. The van der Waals surface area contributed by atoms with Crippen LogP contribution in [0.25, 0.3) is 0 Å². The molecule has 0 atom stereocenters. The zero-order valence-electron chi connectivity index (χ0n) is 11.3. The molecule has 0 aliphatic carbocycles. The van der Waals surface area contributed by atoms with Crippen LogP contribution in [0.1, 0.15) is 17.3 Å². The Balaban J connectivity index is 2.32. The molecule has 1 N–H and O–H groups in total. The third kappa shape index (κ3) is 3.46. The lowest BCUT2D eigenvalue weighted by Gasteiger charge is -2.10. The zero-order valence-corrected chi connectivity index (χ0v) is 12.2. The molecule has 0 radical (unpaired) electrons. The van der Waals surface area contributed by atoms with Gasteiger partial charge >= 0.3 is 0 Å². The van der Waals surface area contributed by atoms with E-state index in [2.05, 4.69) is 5.32 Å². The van der Waals surface area contributed by atoms with Gasteiger partial charge in [-0.05, 0) is 36.4 Å². The summed E-state index contributed by atoms with van der Waals surface area (Å²) in [5, 5.41) is 2.55. The fraction of sp³-hybridized carbons (Fsp3) is 0.133. The summed E-state index contributed by atoms with van der Waals surface area (Å²) in [6.07, 6.45) is 0. The van der Waals surface area contributed by atoms with Gasteiger partial charge in [0, 0.05) is 5.56 Å². The molecule has 21 heavy (non-hydrogen) atoms. The van der Waals surface area contributed by atoms with Crippen LogP contribution in [-0.4, -0.2) is 20.1 Å². The molecule has 0 fully saturated rings. The summed E-state index contributed by atoms with van der Waals surface area (Å²) in [5.41, 5.74) is 0.466. The summed E-state index contributed by atoms with van der Waals surface area (Å²) in [7, 11) is -3.44. The van der Waals surface area contributed by atoms with Crippen molar-refractivity contribution in [3.05, 3.63) is 59.9 Å². The van der Waals surface area contributed by atoms with Gasteiger partial charge in [-0.2, -0.15) is 0 Å². The van der Waals surface area contributed by atoms with E-state index in [1.807, 2.05) is 0 Å². The Morgan fingerprint density at radius 3 is 2.33 bits per heavy atom. The van der Waals surface area contributed by atoms with Crippen LogP contribution in [0.15, 0.2) is 53.4 Å².